The van der Waals surface area contributed by atoms with Gasteiger partial charge in [0.15, 0.2) is 0 Å². The van der Waals surface area contributed by atoms with E-state index in [1.807, 2.05) is 18.2 Å². The first-order valence-corrected chi connectivity index (χ1v) is 11.7. The Morgan fingerprint density at radius 2 is 2.11 bits per heavy atom. The Balaban J connectivity index is 1.54. The minimum atomic E-state index is -3.65. The SMILES string of the molecule is CCN1CNNC1c1cccc(NS(=O)(=O)CC23CCC(CC2=O)C3(C)C)c1. The normalized spacial score (nSPS) is 32.2. The molecule has 2 saturated carbocycles. The standard InChI is InChI=1S/C20H30N4O3S/c1-4-24-13-21-22-18(24)14-6-5-7-16(10-14)23-28(26,27)12-20-9-8-15(11-17(20)25)19(20,2)3/h5-7,10,15,18,21-23H,4,8-9,11-13H2,1-3H3. The van der Waals surface area contributed by atoms with Crippen LogP contribution in [0.1, 0.15) is 51.8 Å². The summed E-state index contributed by atoms with van der Waals surface area (Å²) in [4.78, 5) is 14.9. The zero-order valence-corrected chi connectivity index (χ0v) is 17.6. The van der Waals surface area contributed by atoms with Crippen molar-refractivity contribution in [1.29, 1.82) is 0 Å². The van der Waals surface area contributed by atoms with E-state index in [9.17, 15) is 13.2 Å². The maximum Gasteiger partial charge on any atom is 0.233 e. The Morgan fingerprint density at radius 1 is 1.32 bits per heavy atom. The fourth-order valence-corrected chi connectivity index (χ4v) is 7.32. The number of hydrogen-bond donors (Lipinski definition) is 3. The van der Waals surface area contributed by atoms with Gasteiger partial charge in [0.1, 0.15) is 5.78 Å². The lowest BCUT2D eigenvalue weighted by Gasteiger charge is -2.36. The van der Waals surface area contributed by atoms with Crippen molar-refractivity contribution >= 4 is 21.5 Å². The van der Waals surface area contributed by atoms with Crippen molar-refractivity contribution in [3.63, 3.8) is 0 Å². The summed E-state index contributed by atoms with van der Waals surface area (Å²) in [5, 5.41) is 0. The first-order chi connectivity index (χ1) is 13.2. The molecule has 1 aromatic rings. The van der Waals surface area contributed by atoms with Gasteiger partial charge >= 0.3 is 0 Å². The molecule has 0 spiro atoms. The summed E-state index contributed by atoms with van der Waals surface area (Å²) in [5.41, 5.74) is 6.85. The lowest BCUT2D eigenvalue weighted by atomic mass is 9.70. The summed E-state index contributed by atoms with van der Waals surface area (Å²) in [5.74, 6) is 0.295. The van der Waals surface area contributed by atoms with Crippen LogP contribution in [0, 0.1) is 16.7 Å². The zero-order chi connectivity index (χ0) is 20.2. The van der Waals surface area contributed by atoms with Crippen LogP contribution < -0.4 is 15.6 Å². The quantitative estimate of drug-likeness (QED) is 0.671. The molecule has 3 aliphatic rings. The number of rotatable bonds is 6. The average molecular weight is 407 g/mol. The second kappa shape index (κ2) is 6.79. The molecule has 1 aliphatic heterocycles. The van der Waals surface area contributed by atoms with Crippen molar-refractivity contribution in [3.05, 3.63) is 29.8 Å². The topological polar surface area (TPSA) is 90.5 Å². The number of carbonyl (C=O) groups excluding carboxylic acids is 1. The number of hydrazine groups is 1. The van der Waals surface area contributed by atoms with Crippen LogP contribution in [0.15, 0.2) is 24.3 Å². The van der Waals surface area contributed by atoms with Crippen molar-refractivity contribution in [2.45, 2.75) is 46.2 Å². The van der Waals surface area contributed by atoms with E-state index in [-0.39, 0.29) is 23.1 Å². The monoisotopic (exact) mass is 406 g/mol. The number of sulfonamides is 1. The Hall–Kier alpha value is -1.48. The van der Waals surface area contributed by atoms with Crippen molar-refractivity contribution in [2.75, 3.05) is 23.7 Å². The largest absolute Gasteiger partial charge is 0.299 e. The molecule has 0 amide bonds. The van der Waals surface area contributed by atoms with Crippen LogP contribution >= 0.6 is 0 Å². The van der Waals surface area contributed by atoms with Crippen molar-refractivity contribution in [2.24, 2.45) is 16.7 Å². The molecule has 8 heteroatoms. The summed E-state index contributed by atoms with van der Waals surface area (Å²) in [7, 11) is -3.65. The molecule has 0 aromatic heterocycles. The summed E-state index contributed by atoms with van der Waals surface area (Å²) < 4.78 is 28.8. The van der Waals surface area contributed by atoms with Crippen LogP contribution in [0.2, 0.25) is 0 Å². The molecule has 1 heterocycles. The molecule has 1 saturated heterocycles. The highest BCUT2D eigenvalue weighted by molar-refractivity contribution is 7.92. The van der Waals surface area contributed by atoms with E-state index in [0.29, 0.717) is 24.4 Å². The van der Waals surface area contributed by atoms with Crippen molar-refractivity contribution < 1.29 is 13.2 Å². The number of ketones is 1. The summed E-state index contributed by atoms with van der Waals surface area (Å²) in [6.45, 7) is 7.82. The summed E-state index contributed by atoms with van der Waals surface area (Å²) in [6, 6.07) is 7.46. The lowest BCUT2D eigenvalue weighted by molar-refractivity contribution is -0.128. The number of anilines is 1. The van der Waals surface area contributed by atoms with Gasteiger partial charge < -0.3 is 0 Å². The van der Waals surface area contributed by atoms with Gasteiger partial charge in [-0.2, -0.15) is 0 Å². The van der Waals surface area contributed by atoms with E-state index in [1.54, 1.807) is 6.07 Å². The molecule has 4 rings (SSSR count). The van der Waals surface area contributed by atoms with Crippen LogP contribution in [0.4, 0.5) is 5.69 Å². The minimum absolute atomic E-state index is 0.000943. The van der Waals surface area contributed by atoms with E-state index in [1.165, 1.54) is 0 Å². The zero-order valence-electron chi connectivity index (χ0n) is 16.8. The summed E-state index contributed by atoms with van der Waals surface area (Å²) in [6.07, 6.45) is 2.13. The predicted octanol–water partition coefficient (Wildman–Crippen LogP) is 2.21. The van der Waals surface area contributed by atoms with Gasteiger partial charge in [0, 0.05) is 12.1 Å². The molecule has 2 bridgehead atoms. The lowest BCUT2D eigenvalue weighted by Crippen LogP contribution is -2.43. The third-order valence-electron chi connectivity index (χ3n) is 7.34. The number of benzene rings is 1. The molecular formula is C20H30N4O3S. The van der Waals surface area contributed by atoms with Gasteiger partial charge in [0.25, 0.3) is 0 Å². The molecule has 28 heavy (non-hydrogen) atoms. The maximum absolute atomic E-state index is 13.0. The molecule has 1 aromatic carbocycles. The molecule has 3 unspecified atom stereocenters. The molecule has 3 fully saturated rings. The predicted molar refractivity (Wildman–Crippen MR) is 109 cm³/mol. The van der Waals surface area contributed by atoms with E-state index >= 15 is 0 Å². The van der Waals surface area contributed by atoms with Crippen LogP contribution in [0.5, 0.6) is 0 Å². The first-order valence-electron chi connectivity index (χ1n) is 10.0. The second-order valence-electron chi connectivity index (χ2n) is 8.94. The number of nitrogens with one attached hydrogen (secondary N) is 3. The molecule has 3 atom stereocenters. The highest BCUT2D eigenvalue weighted by atomic mass is 32.2. The summed E-state index contributed by atoms with van der Waals surface area (Å²) >= 11 is 0. The van der Waals surface area contributed by atoms with Crippen LogP contribution in [-0.2, 0) is 14.8 Å². The Kier molecular flexibility index (Phi) is 4.81. The van der Waals surface area contributed by atoms with Gasteiger partial charge in [-0.1, -0.05) is 32.9 Å². The maximum atomic E-state index is 13.0. The van der Waals surface area contributed by atoms with Crippen molar-refractivity contribution in [3.8, 4) is 0 Å². The van der Waals surface area contributed by atoms with Gasteiger partial charge in [-0.15, -0.1) is 0 Å². The molecule has 0 radical (unpaired) electrons. The number of nitrogens with zero attached hydrogens (tertiary/aromatic N) is 1. The Labute approximate surface area is 167 Å². The highest BCUT2D eigenvalue weighted by Crippen LogP contribution is 2.64. The smallest absolute Gasteiger partial charge is 0.233 e. The third kappa shape index (κ3) is 3.07. The molecule has 2 aliphatic carbocycles. The number of carbonyl (C=O) groups is 1. The number of fused-ring (bicyclic) bond motifs is 2. The van der Waals surface area contributed by atoms with Crippen LogP contribution in [0.3, 0.4) is 0 Å². The van der Waals surface area contributed by atoms with E-state index in [2.05, 4.69) is 41.2 Å². The molecule has 154 valence electrons. The van der Waals surface area contributed by atoms with E-state index in [0.717, 1.165) is 25.2 Å². The Morgan fingerprint density at radius 3 is 2.75 bits per heavy atom. The average Bonchev–Trinajstić information content (AvgIpc) is 3.24. The van der Waals surface area contributed by atoms with Crippen LogP contribution in [0.25, 0.3) is 0 Å². The van der Waals surface area contributed by atoms with Gasteiger partial charge in [0.2, 0.25) is 10.0 Å². The first kappa shape index (κ1) is 19.8. The van der Waals surface area contributed by atoms with Crippen molar-refractivity contribution in [1.82, 2.24) is 15.8 Å². The van der Waals surface area contributed by atoms with Gasteiger partial charge in [-0.25, -0.2) is 19.3 Å². The molecule has 3 N–H and O–H groups in total. The fraction of sp³-hybridized carbons (Fsp3) is 0.650. The Bertz CT molecular complexity index is 885. The van der Waals surface area contributed by atoms with Gasteiger partial charge in [0.05, 0.1) is 24.0 Å². The minimum Gasteiger partial charge on any atom is -0.299 e. The highest BCUT2D eigenvalue weighted by Gasteiger charge is 2.65. The fourth-order valence-electron chi connectivity index (χ4n) is 5.44. The van der Waals surface area contributed by atoms with Gasteiger partial charge in [-0.3, -0.25) is 14.4 Å². The van der Waals surface area contributed by atoms with E-state index in [4.69, 9.17) is 0 Å². The third-order valence-corrected chi connectivity index (χ3v) is 8.76. The second-order valence-corrected chi connectivity index (χ2v) is 10.7. The molecular weight excluding hydrogens is 376 g/mol. The van der Waals surface area contributed by atoms with Gasteiger partial charge in [-0.05, 0) is 48.4 Å². The number of Topliss-reactive ketones (excluding diaryl/α,β-unsaturated/α-hetero) is 1. The molecule has 7 nitrogen and oxygen atoms in total. The van der Waals surface area contributed by atoms with E-state index < -0.39 is 15.4 Å². The number of hydrogen-bond acceptors (Lipinski definition) is 6. The van der Waals surface area contributed by atoms with Crippen LogP contribution in [-0.4, -0.2) is 38.1 Å².